The van der Waals surface area contributed by atoms with E-state index >= 15 is 0 Å². The monoisotopic (exact) mass is 306 g/mol. The Morgan fingerprint density at radius 3 is 2.83 bits per heavy atom. The van der Waals surface area contributed by atoms with Gasteiger partial charge in [0, 0.05) is 34.7 Å². The van der Waals surface area contributed by atoms with Gasteiger partial charge in [0.15, 0.2) is 0 Å². The molecule has 2 aromatic rings. The smallest absolute Gasteiger partial charge is 0.0486 e. The normalized spacial score (nSPS) is 11.3. The molecular formula is C15H19BrN2. The molecule has 2 nitrogen and oxygen atoms in total. The first kappa shape index (κ1) is 13.4. The van der Waals surface area contributed by atoms with E-state index < -0.39 is 0 Å². The lowest BCUT2D eigenvalue weighted by atomic mass is 10.1. The van der Waals surface area contributed by atoms with Crippen LogP contribution in [0.15, 0.2) is 41.5 Å². The van der Waals surface area contributed by atoms with Gasteiger partial charge in [0.2, 0.25) is 0 Å². The molecule has 0 fully saturated rings. The molecule has 18 heavy (non-hydrogen) atoms. The van der Waals surface area contributed by atoms with Crippen LogP contribution >= 0.6 is 15.9 Å². The summed E-state index contributed by atoms with van der Waals surface area (Å²) >= 11 is 3.56. The van der Waals surface area contributed by atoms with E-state index in [0.717, 1.165) is 24.0 Å². The number of hydrogen-bond acceptors (Lipinski definition) is 1. The first-order valence-corrected chi connectivity index (χ1v) is 6.94. The summed E-state index contributed by atoms with van der Waals surface area (Å²) in [5, 5.41) is 1.34. The number of likely N-dealkylation sites (N-methyl/N-ethyl adjacent to an activating group) is 1. The van der Waals surface area contributed by atoms with Crippen molar-refractivity contribution in [3.05, 3.63) is 47.1 Å². The van der Waals surface area contributed by atoms with Gasteiger partial charge in [-0.05, 0) is 44.3 Å². The minimum absolute atomic E-state index is 0.861. The van der Waals surface area contributed by atoms with Gasteiger partial charge < -0.3 is 9.47 Å². The summed E-state index contributed by atoms with van der Waals surface area (Å²) < 4.78 is 3.40. The van der Waals surface area contributed by atoms with Crippen LogP contribution in [0.2, 0.25) is 0 Å². The molecule has 1 aromatic heterocycles. The predicted molar refractivity (Wildman–Crippen MR) is 82.1 cm³/mol. The number of nitrogens with zero attached hydrogens (tertiary/aromatic N) is 2. The minimum Gasteiger partial charge on any atom is -0.343 e. The minimum atomic E-state index is 0.861. The van der Waals surface area contributed by atoms with Crippen LogP contribution in [0.25, 0.3) is 10.9 Å². The van der Waals surface area contributed by atoms with E-state index in [1.54, 1.807) is 0 Å². The molecule has 0 saturated carbocycles. The van der Waals surface area contributed by atoms with Crippen LogP contribution in [0.3, 0.4) is 0 Å². The average molecular weight is 307 g/mol. The molecule has 96 valence electrons. The second kappa shape index (κ2) is 5.72. The lowest BCUT2D eigenvalue weighted by molar-refractivity contribution is 0.414. The van der Waals surface area contributed by atoms with Crippen LogP contribution in [-0.4, -0.2) is 30.1 Å². The number of rotatable bonds is 5. The number of fused-ring (bicyclic) bond motifs is 1. The molecule has 0 aliphatic rings. The van der Waals surface area contributed by atoms with Crippen LogP contribution in [0, 0.1) is 0 Å². The number of allylic oxidation sites excluding steroid dienone is 1. The van der Waals surface area contributed by atoms with Gasteiger partial charge in [-0.15, -0.1) is 6.58 Å². The Kier molecular flexibility index (Phi) is 4.25. The van der Waals surface area contributed by atoms with Crippen molar-refractivity contribution in [2.45, 2.75) is 13.0 Å². The lowest BCUT2D eigenvalue weighted by Gasteiger charge is -2.08. The molecule has 1 aromatic carbocycles. The zero-order valence-electron chi connectivity index (χ0n) is 11.0. The third-order valence-electron chi connectivity index (χ3n) is 3.08. The quantitative estimate of drug-likeness (QED) is 0.765. The summed E-state index contributed by atoms with van der Waals surface area (Å²) in [5.74, 6) is 0. The third kappa shape index (κ3) is 2.85. The Bertz CT molecular complexity index is 555. The molecule has 2 rings (SSSR count). The van der Waals surface area contributed by atoms with E-state index in [9.17, 15) is 0 Å². The Morgan fingerprint density at radius 1 is 1.39 bits per heavy atom. The SMILES string of the molecule is C=CCn1cc(CCN(C)C)c2cc(Br)ccc21. The summed E-state index contributed by atoms with van der Waals surface area (Å²) in [4.78, 5) is 2.22. The van der Waals surface area contributed by atoms with Crippen molar-refractivity contribution in [3.63, 3.8) is 0 Å². The zero-order valence-corrected chi connectivity index (χ0v) is 12.6. The summed E-state index contributed by atoms with van der Waals surface area (Å²) in [5.41, 5.74) is 2.69. The fraction of sp³-hybridized carbons (Fsp3) is 0.333. The molecule has 0 unspecified atom stereocenters. The standard InChI is InChI=1S/C15H19BrN2/c1-4-8-18-11-12(7-9-17(2)3)14-10-13(16)5-6-15(14)18/h4-6,10-11H,1,7-9H2,2-3H3. The van der Waals surface area contributed by atoms with Crippen molar-refractivity contribution >= 4 is 26.8 Å². The summed E-state index contributed by atoms with van der Waals surface area (Å²) in [6.07, 6.45) is 5.27. The van der Waals surface area contributed by atoms with Crippen molar-refractivity contribution in [2.24, 2.45) is 0 Å². The highest BCUT2D eigenvalue weighted by Gasteiger charge is 2.08. The number of halogens is 1. The highest BCUT2D eigenvalue weighted by atomic mass is 79.9. The summed E-state index contributed by atoms with van der Waals surface area (Å²) in [6.45, 7) is 5.76. The second-order valence-electron chi connectivity index (χ2n) is 4.81. The van der Waals surface area contributed by atoms with Crippen molar-refractivity contribution in [3.8, 4) is 0 Å². The number of benzene rings is 1. The van der Waals surface area contributed by atoms with Gasteiger partial charge >= 0.3 is 0 Å². The number of aromatic nitrogens is 1. The Morgan fingerprint density at radius 2 is 2.17 bits per heavy atom. The molecule has 0 bridgehead atoms. The molecule has 1 heterocycles. The maximum Gasteiger partial charge on any atom is 0.0486 e. The highest BCUT2D eigenvalue weighted by molar-refractivity contribution is 9.10. The van der Waals surface area contributed by atoms with Crippen LogP contribution in [-0.2, 0) is 13.0 Å². The highest BCUT2D eigenvalue weighted by Crippen LogP contribution is 2.25. The van der Waals surface area contributed by atoms with Gasteiger partial charge in [0.1, 0.15) is 0 Å². The van der Waals surface area contributed by atoms with E-state index in [2.05, 4.69) is 70.5 Å². The maximum absolute atomic E-state index is 3.83. The van der Waals surface area contributed by atoms with E-state index in [1.807, 2.05) is 6.08 Å². The average Bonchev–Trinajstić information content (AvgIpc) is 2.65. The molecule has 0 aliphatic carbocycles. The summed E-state index contributed by atoms with van der Waals surface area (Å²) in [7, 11) is 4.22. The molecule has 0 aliphatic heterocycles. The molecular weight excluding hydrogens is 288 g/mol. The Hall–Kier alpha value is -1.06. The van der Waals surface area contributed by atoms with Gasteiger partial charge in [-0.1, -0.05) is 22.0 Å². The van der Waals surface area contributed by atoms with E-state index in [0.29, 0.717) is 0 Å². The van der Waals surface area contributed by atoms with Gasteiger partial charge in [0.05, 0.1) is 0 Å². The zero-order chi connectivity index (χ0) is 13.1. The lowest BCUT2D eigenvalue weighted by Crippen LogP contribution is -2.14. The van der Waals surface area contributed by atoms with Crippen molar-refractivity contribution < 1.29 is 0 Å². The third-order valence-corrected chi connectivity index (χ3v) is 3.57. The van der Waals surface area contributed by atoms with Crippen LogP contribution in [0.4, 0.5) is 0 Å². The van der Waals surface area contributed by atoms with Crippen LogP contribution < -0.4 is 0 Å². The molecule has 0 radical (unpaired) electrons. The molecule has 0 N–H and O–H groups in total. The maximum atomic E-state index is 3.83. The van der Waals surface area contributed by atoms with Crippen molar-refractivity contribution in [1.29, 1.82) is 0 Å². The van der Waals surface area contributed by atoms with Gasteiger partial charge in [-0.3, -0.25) is 0 Å². The van der Waals surface area contributed by atoms with Crippen LogP contribution in [0.5, 0.6) is 0 Å². The first-order chi connectivity index (χ1) is 8.61. The predicted octanol–water partition coefficient (Wildman–Crippen LogP) is 3.69. The van der Waals surface area contributed by atoms with Crippen molar-refractivity contribution in [2.75, 3.05) is 20.6 Å². The Balaban J connectivity index is 2.44. The molecule has 0 amide bonds. The first-order valence-electron chi connectivity index (χ1n) is 6.14. The van der Waals surface area contributed by atoms with E-state index in [1.165, 1.54) is 16.5 Å². The van der Waals surface area contributed by atoms with Gasteiger partial charge in [-0.25, -0.2) is 0 Å². The largest absolute Gasteiger partial charge is 0.343 e. The van der Waals surface area contributed by atoms with Crippen molar-refractivity contribution in [1.82, 2.24) is 9.47 Å². The molecule has 0 atom stereocenters. The fourth-order valence-corrected chi connectivity index (χ4v) is 2.54. The molecule has 0 saturated heterocycles. The molecule has 3 heteroatoms. The Labute approximate surface area is 117 Å². The fourth-order valence-electron chi connectivity index (χ4n) is 2.18. The van der Waals surface area contributed by atoms with E-state index in [-0.39, 0.29) is 0 Å². The van der Waals surface area contributed by atoms with E-state index in [4.69, 9.17) is 0 Å². The van der Waals surface area contributed by atoms with Crippen LogP contribution in [0.1, 0.15) is 5.56 Å². The second-order valence-corrected chi connectivity index (χ2v) is 5.73. The van der Waals surface area contributed by atoms with Gasteiger partial charge in [-0.2, -0.15) is 0 Å². The van der Waals surface area contributed by atoms with Gasteiger partial charge in [0.25, 0.3) is 0 Å². The number of hydrogen-bond donors (Lipinski definition) is 0. The topological polar surface area (TPSA) is 8.17 Å². The summed E-state index contributed by atoms with van der Waals surface area (Å²) in [6, 6.07) is 6.47. The molecule has 0 spiro atoms.